The highest BCUT2D eigenvalue weighted by molar-refractivity contribution is 4.89. The molecule has 1 fully saturated rings. The topological polar surface area (TPSA) is 99.4 Å². The standard InChI is InChI=1S/C13H26O6/c1-3-5-8(6-4-2)18-13-12(17)11(16)10(15)9(7-14)19-13/h8-17H,3-7H2,1-2H3/t9-,10-,11+,12-,13-/m1/s1. The zero-order valence-electron chi connectivity index (χ0n) is 11.6. The Morgan fingerprint density at radius 3 is 2.05 bits per heavy atom. The predicted molar refractivity (Wildman–Crippen MR) is 68.5 cm³/mol. The van der Waals surface area contributed by atoms with E-state index in [9.17, 15) is 15.3 Å². The third-order valence-corrected chi connectivity index (χ3v) is 3.40. The van der Waals surface area contributed by atoms with E-state index in [0.717, 1.165) is 25.7 Å². The van der Waals surface area contributed by atoms with Crippen LogP contribution in [0.3, 0.4) is 0 Å². The summed E-state index contributed by atoms with van der Waals surface area (Å²) in [7, 11) is 0. The minimum absolute atomic E-state index is 0.0589. The fraction of sp³-hybridized carbons (Fsp3) is 1.00. The van der Waals surface area contributed by atoms with Gasteiger partial charge in [0.1, 0.15) is 24.4 Å². The van der Waals surface area contributed by atoms with Crippen molar-refractivity contribution < 1.29 is 29.9 Å². The van der Waals surface area contributed by atoms with Gasteiger partial charge in [-0.1, -0.05) is 26.7 Å². The van der Waals surface area contributed by atoms with Crippen LogP contribution in [0.5, 0.6) is 0 Å². The number of hydrogen-bond donors (Lipinski definition) is 4. The molecule has 4 N–H and O–H groups in total. The van der Waals surface area contributed by atoms with Crippen LogP contribution in [-0.2, 0) is 9.47 Å². The quantitative estimate of drug-likeness (QED) is 0.513. The molecule has 1 aliphatic rings. The molecule has 0 spiro atoms. The van der Waals surface area contributed by atoms with Gasteiger partial charge in [0.2, 0.25) is 0 Å². The van der Waals surface area contributed by atoms with Gasteiger partial charge < -0.3 is 29.9 Å². The Morgan fingerprint density at radius 1 is 1.00 bits per heavy atom. The molecule has 114 valence electrons. The third kappa shape index (κ3) is 4.37. The van der Waals surface area contributed by atoms with E-state index in [4.69, 9.17) is 14.6 Å². The summed E-state index contributed by atoms with van der Waals surface area (Å²) in [5.74, 6) is 0. The van der Waals surface area contributed by atoms with Crippen LogP contribution in [0.4, 0.5) is 0 Å². The molecule has 0 aromatic carbocycles. The van der Waals surface area contributed by atoms with Gasteiger partial charge in [-0.3, -0.25) is 0 Å². The van der Waals surface area contributed by atoms with Crippen molar-refractivity contribution >= 4 is 0 Å². The van der Waals surface area contributed by atoms with E-state index in [1.165, 1.54) is 0 Å². The molecule has 0 aromatic heterocycles. The Labute approximate surface area is 114 Å². The summed E-state index contributed by atoms with van der Waals surface area (Å²) in [5, 5.41) is 38.3. The lowest BCUT2D eigenvalue weighted by molar-refractivity contribution is -0.312. The zero-order valence-corrected chi connectivity index (χ0v) is 11.6. The molecule has 0 aliphatic carbocycles. The molecule has 6 nitrogen and oxygen atoms in total. The first-order valence-corrected chi connectivity index (χ1v) is 7.01. The maximum Gasteiger partial charge on any atom is 0.186 e. The zero-order chi connectivity index (χ0) is 14.4. The Morgan fingerprint density at radius 2 is 1.58 bits per heavy atom. The molecule has 0 radical (unpaired) electrons. The minimum atomic E-state index is -1.38. The molecule has 0 unspecified atom stereocenters. The van der Waals surface area contributed by atoms with Gasteiger partial charge in [0, 0.05) is 0 Å². The van der Waals surface area contributed by atoms with Gasteiger partial charge in [-0.15, -0.1) is 0 Å². The molecule has 0 amide bonds. The van der Waals surface area contributed by atoms with Crippen LogP contribution >= 0.6 is 0 Å². The molecule has 6 heteroatoms. The summed E-state index contributed by atoms with van der Waals surface area (Å²) >= 11 is 0. The summed E-state index contributed by atoms with van der Waals surface area (Å²) in [5.41, 5.74) is 0. The molecular formula is C13H26O6. The van der Waals surface area contributed by atoms with Gasteiger partial charge in [-0.25, -0.2) is 0 Å². The highest BCUT2D eigenvalue weighted by Crippen LogP contribution is 2.24. The van der Waals surface area contributed by atoms with Crippen molar-refractivity contribution in [2.75, 3.05) is 6.61 Å². The van der Waals surface area contributed by atoms with Gasteiger partial charge in [0.25, 0.3) is 0 Å². The van der Waals surface area contributed by atoms with Crippen LogP contribution in [0.15, 0.2) is 0 Å². The molecule has 19 heavy (non-hydrogen) atoms. The smallest absolute Gasteiger partial charge is 0.186 e. The van der Waals surface area contributed by atoms with Crippen LogP contribution in [0.2, 0.25) is 0 Å². The second-order valence-corrected chi connectivity index (χ2v) is 5.03. The number of aliphatic hydroxyl groups excluding tert-OH is 4. The van der Waals surface area contributed by atoms with Crippen molar-refractivity contribution in [3.63, 3.8) is 0 Å². The summed E-state index contributed by atoms with van der Waals surface area (Å²) in [6, 6.07) is 0. The second kappa shape index (κ2) is 8.14. The number of ether oxygens (including phenoxy) is 2. The van der Waals surface area contributed by atoms with Crippen LogP contribution < -0.4 is 0 Å². The lowest BCUT2D eigenvalue weighted by Gasteiger charge is -2.40. The lowest BCUT2D eigenvalue weighted by atomic mass is 9.99. The van der Waals surface area contributed by atoms with Gasteiger partial charge in [0.15, 0.2) is 6.29 Å². The largest absolute Gasteiger partial charge is 0.394 e. The van der Waals surface area contributed by atoms with E-state index in [1.807, 2.05) is 13.8 Å². The fourth-order valence-electron chi connectivity index (χ4n) is 2.29. The fourth-order valence-corrected chi connectivity index (χ4v) is 2.29. The number of aliphatic hydroxyl groups is 4. The van der Waals surface area contributed by atoms with Crippen molar-refractivity contribution in [2.45, 2.75) is 76.3 Å². The summed E-state index contributed by atoms with van der Waals surface area (Å²) in [6.07, 6.45) is -2.44. The molecule has 1 heterocycles. The lowest BCUT2D eigenvalue weighted by Crippen LogP contribution is -2.59. The Hall–Kier alpha value is -0.240. The maximum atomic E-state index is 9.86. The van der Waals surface area contributed by atoms with Crippen molar-refractivity contribution in [1.82, 2.24) is 0 Å². The summed E-state index contributed by atoms with van der Waals surface area (Å²) < 4.78 is 11.0. The summed E-state index contributed by atoms with van der Waals surface area (Å²) in [6.45, 7) is 3.65. The van der Waals surface area contributed by atoms with E-state index in [0.29, 0.717) is 0 Å². The first-order chi connectivity index (χ1) is 9.04. The van der Waals surface area contributed by atoms with E-state index in [2.05, 4.69) is 0 Å². The Kier molecular flexibility index (Phi) is 7.20. The van der Waals surface area contributed by atoms with Crippen LogP contribution in [0.25, 0.3) is 0 Å². The van der Waals surface area contributed by atoms with Gasteiger partial charge in [-0.2, -0.15) is 0 Å². The SMILES string of the molecule is CCCC(CCC)O[C@@H]1O[C@H](CO)[C@@H](O)[C@H](O)[C@H]1O. The molecule has 0 bridgehead atoms. The van der Waals surface area contributed by atoms with Crippen molar-refractivity contribution in [3.05, 3.63) is 0 Å². The molecule has 0 aromatic rings. The second-order valence-electron chi connectivity index (χ2n) is 5.03. The molecule has 5 atom stereocenters. The van der Waals surface area contributed by atoms with Gasteiger partial charge >= 0.3 is 0 Å². The first kappa shape index (κ1) is 16.8. The molecule has 1 rings (SSSR count). The number of hydrogen-bond acceptors (Lipinski definition) is 6. The third-order valence-electron chi connectivity index (χ3n) is 3.40. The average molecular weight is 278 g/mol. The molecular weight excluding hydrogens is 252 g/mol. The van der Waals surface area contributed by atoms with Gasteiger partial charge in [0.05, 0.1) is 12.7 Å². The van der Waals surface area contributed by atoms with Crippen molar-refractivity contribution in [2.24, 2.45) is 0 Å². The maximum absolute atomic E-state index is 9.86. The highest BCUT2D eigenvalue weighted by atomic mass is 16.7. The van der Waals surface area contributed by atoms with E-state index >= 15 is 0 Å². The molecule has 0 saturated carbocycles. The van der Waals surface area contributed by atoms with Gasteiger partial charge in [-0.05, 0) is 12.8 Å². The van der Waals surface area contributed by atoms with E-state index < -0.39 is 37.3 Å². The highest BCUT2D eigenvalue weighted by Gasteiger charge is 2.44. The molecule has 1 saturated heterocycles. The van der Waals surface area contributed by atoms with Crippen molar-refractivity contribution in [3.8, 4) is 0 Å². The van der Waals surface area contributed by atoms with Crippen LogP contribution in [0.1, 0.15) is 39.5 Å². The first-order valence-electron chi connectivity index (χ1n) is 7.01. The number of rotatable bonds is 7. The summed E-state index contributed by atoms with van der Waals surface area (Å²) in [4.78, 5) is 0. The monoisotopic (exact) mass is 278 g/mol. The van der Waals surface area contributed by atoms with Crippen LogP contribution in [0, 0.1) is 0 Å². The van der Waals surface area contributed by atoms with E-state index in [1.54, 1.807) is 0 Å². The normalized spacial score (nSPS) is 35.8. The van der Waals surface area contributed by atoms with Crippen LogP contribution in [-0.4, -0.2) is 63.8 Å². The average Bonchev–Trinajstić information content (AvgIpc) is 2.40. The predicted octanol–water partition coefficient (Wildman–Crippen LogP) is -0.228. The van der Waals surface area contributed by atoms with E-state index in [-0.39, 0.29) is 6.10 Å². The Balaban J connectivity index is 2.64. The minimum Gasteiger partial charge on any atom is -0.394 e. The Bertz CT molecular complexity index is 241. The molecule has 1 aliphatic heterocycles. The van der Waals surface area contributed by atoms with Crippen molar-refractivity contribution in [1.29, 1.82) is 0 Å².